The third-order valence-corrected chi connectivity index (χ3v) is 4.01. The smallest absolute Gasteiger partial charge is 0.316 e. The molecule has 1 saturated heterocycles. The Morgan fingerprint density at radius 1 is 1.13 bits per heavy atom. The van der Waals surface area contributed by atoms with Crippen LogP contribution in [0.3, 0.4) is 0 Å². The largest absolute Gasteiger partial charge is 0.467 e. The number of aliphatic hydroxyl groups is 1. The second-order valence-electron chi connectivity index (χ2n) is 5.31. The van der Waals surface area contributed by atoms with Gasteiger partial charge in [-0.2, -0.15) is 0 Å². The van der Waals surface area contributed by atoms with Crippen LogP contribution in [0.25, 0.3) is 0 Å². The number of benzene rings is 1. The van der Waals surface area contributed by atoms with Gasteiger partial charge in [0.05, 0.1) is 37.5 Å². The number of ether oxygens (including phenoxy) is 1. The highest BCUT2D eigenvalue weighted by Gasteiger charge is 2.21. The zero-order valence-electron chi connectivity index (χ0n) is 12.9. The molecule has 1 aromatic heterocycles. The maximum absolute atomic E-state index is 14.3. The zero-order chi connectivity index (χ0) is 16.2. The highest BCUT2D eigenvalue weighted by atomic mass is 19.1. The van der Waals surface area contributed by atoms with Gasteiger partial charge in [0, 0.05) is 31.7 Å². The van der Waals surface area contributed by atoms with Gasteiger partial charge < -0.3 is 19.6 Å². The molecule has 1 aliphatic heterocycles. The van der Waals surface area contributed by atoms with Crippen LogP contribution in [0.4, 0.5) is 15.8 Å². The Hall–Kier alpha value is -2.41. The normalized spacial score (nSPS) is 14.9. The van der Waals surface area contributed by atoms with E-state index < -0.39 is 0 Å². The molecule has 0 radical (unpaired) electrons. The summed E-state index contributed by atoms with van der Waals surface area (Å²) in [5.41, 5.74) is 1.80. The lowest BCUT2D eigenvalue weighted by atomic mass is 10.1. The van der Waals surface area contributed by atoms with E-state index in [4.69, 9.17) is 4.74 Å². The first-order valence-electron chi connectivity index (χ1n) is 7.47. The number of aliphatic hydroxyl groups excluding tert-OH is 1. The molecule has 2 heterocycles. The van der Waals surface area contributed by atoms with Crippen LogP contribution in [0.15, 0.2) is 30.6 Å². The van der Waals surface area contributed by atoms with E-state index in [1.54, 1.807) is 30.6 Å². The first kappa shape index (κ1) is 15.5. The van der Waals surface area contributed by atoms with Crippen molar-refractivity contribution in [2.24, 2.45) is 0 Å². The van der Waals surface area contributed by atoms with Crippen molar-refractivity contribution in [1.29, 1.82) is 0 Å². The lowest BCUT2D eigenvalue weighted by molar-refractivity contribution is 0.276. The third kappa shape index (κ3) is 3.19. The van der Waals surface area contributed by atoms with E-state index in [-0.39, 0.29) is 12.4 Å². The minimum absolute atomic E-state index is 0.289. The monoisotopic (exact) mass is 318 g/mol. The fourth-order valence-corrected chi connectivity index (χ4v) is 2.72. The van der Waals surface area contributed by atoms with Crippen LogP contribution >= 0.6 is 0 Å². The number of rotatable bonds is 4. The van der Waals surface area contributed by atoms with Crippen molar-refractivity contribution < 1.29 is 14.2 Å². The Bertz CT molecular complexity index is 658. The molecule has 122 valence electrons. The standard InChI is InChI=1S/C16H19FN4O2/c1-23-16-18-9-13(10-19-16)20-5-7-21(8-6-20)14-4-2-3-12(11-22)15(14)17/h2-4,9-10,22H,5-8,11H2,1H3. The first-order valence-corrected chi connectivity index (χ1v) is 7.47. The SMILES string of the molecule is COc1ncc(N2CCN(c3cccc(CO)c3F)CC2)cn1. The molecule has 23 heavy (non-hydrogen) atoms. The summed E-state index contributed by atoms with van der Waals surface area (Å²) in [5, 5.41) is 9.18. The van der Waals surface area contributed by atoms with E-state index in [1.165, 1.54) is 7.11 Å². The summed E-state index contributed by atoms with van der Waals surface area (Å²) in [7, 11) is 1.53. The van der Waals surface area contributed by atoms with Gasteiger partial charge in [0.2, 0.25) is 0 Å². The number of anilines is 2. The van der Waals surface area contributed by atoms with Crippen LogP contribution in [0.5, 0.6) is 6.01 Å². The van der Waals surface area contributed by atoms with Crippen molar-refractivity contribution in [2.45, 2.75) is 6.61 Å². The summed E-state index contributed by atoms with van der Waals surface area (Å²) < 4.78 is 19.3. The van der Waals surface area contributed by atoms with Crippen molar-refractivity contribution in [3.63, 3.8) is 0 Å². The van der Waals surface area contributed by atoms with Gasteiger partial charge in [-0.25, -0.2) is 14.4 Å². The zero-order valence-corrected chi connectivity index (χ0v) is 12.9. The molecule has 6 nitrogen and oxygen atoms in total. The Balaban J connectivity index is 1.68. The molecule has 3 rings (SSSR count). The number of piperazine rings is 1. The van der Waals surface area contributed by atoms with E-state index in [2.05, 4.69) is 14.9 Å². The molecule has 1 N–H and O–H groups in total. The summed E-state index contributed by atoms with van der Waals surface area (Å²) in [5.74, 6) is -0.337. The molecular weight excluding hydrogens is 299 g/mol. The molecule has 0 saturated carbocycles. The van der Waals surface area contributed by atoms with E-state index in [9.17, 15) is 9.50 Å². The Morgan fingerprint density at radius 3 is 2.39 bits per heavy atom. The number of aromatic nitrogens is 2. The van der Waals surface area contributed by atoms with E-state index >= 15 is 0 Å². The fourth-order valence-electron chi connectivity index (χ4n) is 2.72. The molecule has 0 amide bonds. The summed E-state index contributed by atoms with van der Waals surface area (Å²) in [6.45, 7) is 2.59. The van der Waals surface area contributed by atoms with Crippen LogP contribution in [0.2, 0.25) is 0 Å². The summed E-state index contributed by atoms with van der Waals surface area (Å²) >= 11 is 0. The molecular formula is C16H19FN4O2. The number of nitrogens with zero attached hydrogens (tertiary/aromatic N) is 4. The summed E-state index contributed by atoms with van der Waals surface area (Å²) in [4.78, 5) is 12.4. The number of halogens is 1. The minimum Gasteiger partial charge on any atom is -0.467 e. The van der Waals surface area contributed by atoms with Crippen LogP contribution in [0.1, 0.15) is 5.56 Å². The van der Waals surface area contributed by atoms with E-state index in [0.717, 1.165) is 18.8 Å². The lowest BCUT2D eigenvalue weighted by Gasteiger charge is -2.37. The molecule has 1 aromatic carbocycles. The van der Waals surface area contributed by atoms with Gasteiger partial charge in [-0.05, 0) is 6.07 Å². The van der Waals surface area contributed by atoms with Gasteiger partial charge in [0.1, 0.15) is 0 Å². The predicted octanol–water partition coefficient (Wildman–Crippen LogP) is 1.44. The first-order chi connectivity index (χ1) is 11.2. The second-order valence-corrected chi connectivity index (χ2v) is 5.31. The summed E-state index contributed by atoms with van der Waals surface area (Å²) in [6, 6.07) is 5.47. The molecule has 0 atom stereocenters. The van der Waals surface area contributed by atoms with Crippen molar-refractivity contribution in [3.05, 3.63) is 42.0 Å². The van der Waals surface area contributed by atoms with Gasteiger partial charge in [-0.3, -0.25) is 0 Å². The number of hydrogen-bond acceptors (Lipinski definition) is 6. The number of methoxy groups -OCH3 is 1. The topological polar surface area (TPSA) is 61.7 Å². The molecule has 0 bridgehead atoms. The molecule has 7 heteroatoms. The van der Waals surface area contributed by atoms with E-state index in [0.29, 0.717) is 30.4 Å². The maximum atomic E-state index is 14.3. The van der Waals surface area contributed by atoms with Crippen molar-refractivity contribution in [3.8, 4) is 6.01 Å². The average molecular weight is 318 g/mol. The van der Waals surface area contributed by atoms with E-state index in [1.807, 2.05) is 4.90 Å². The quantitative estimate of drug-likeness (QED) is 0.920. The second kappa shape index (κ2) is 6.78. The van der Waals surface area contributed by atoms with Crippen LogP contribution < -0.4 is 14.5 Å². The lowest BCUT2D eigenvalue weighted by Crippen LogP contribution is -2.47. The average Bonchev–Trinajstić information content (AvgIpc) is 2.62. The van der Waals surface area contributed by atoms with Crippen LogP contribution in [-0.4, -0.2) is 48.4 Å². The highest BCUT2D eigenvalue weighted by molar-refractivity contribution is 5.53. The molecule has 1 fully saturated rings. The van der Waals surface area contributed by atoms with Gasteiger partial charge in [-0.1, -0.05) is 12.1 Å². The predicted molar refractivity (Wildman–Crippen MR) is 85.3 cm³/mol. The minimum atomic E-state index is -0.337. The Kier molecular flexibility index (Phi) is 4.57. The van der Waals surface area contributed by atoms with Gasteiger partial charge in [0.15, 0.2) is 5.82 Å². The number of hydrogen-bond donors (Lipinski definition) is 1. The maximum Gasteiger partial charge on any atom is 0.316 e. The van der Waals surface area contributed by atoms with Gasteiger partial charge in [-0.15, -0.1) is 0 Å². The molecule has 0 spiro atoms. The van der Waals surface area contributed by atoms with Gasteiger partial charge in [0.25, 0.3) is 0 Å². The summed E-state index contributed by atoms with van der Waals surface area (Å²) in [6.07, 6.45) is 3.46. The van der Waals surface area contributed by atoms with Crippen LogP contribution in [0, 0.1) is 5.82 Å². The third-order valence-electron chi connectivity index (χ3n) is 4.01. The highest BCUT2D eigenvalue weighted by Crippen LogP contribution is 2.25. The van der Waals surface area contributed by atoms with Gasteiger partial charge >= 0.3 is 6.01 Å². The molecule has 0 aliphatic carbocycles. The van der Waals surface area contributed by atoms with Crippen molar-refractivity contribution in [1.82, 2.24) is 9.97 Å². The molecule has 2 aromatic rings. The Morgan fingerprint density at radius 2 is 1.78 bits per heavy atom. The van der Waals surface area contributed by atoms with Crippen molar-refractivity contribution >= 4 is 11.4 Å². The Labute approximate surface area is 134 Å². The fraction of sp³-hybridized carbons (Fsp3) is 0.375. The van der Waals surface area contributed by atoms with Crippen LogP contribution in [-0.2, 0) is 6.61 Å². The van der Waals surface area contributed by atoms with Crippen molar-refractivity contribution in [2.75, 3.05) is 43.1 Å². The molecule has 1 aliphatic rings. The molecule has 0 unspecified atom stereocenters.